The van der Waals surface area contributed by atoms with Crippen molar-refractivity contribution >= 4 is 6.21 Å². The summed E-state index contributed by atoms with van der Waals surface area (Å²) < 4.78 is 1.87. The van der Waals surface area contributed by atoms with Crippen LogP contribution in [-0.2, 0) is 11.4 Å². The summed E-state index contributed by atoms with van der Waals surface area (Å²) in [5, 5.41) is 7.92. The number of nitrogens with zero attached hydrogens (tertiary/aromatic N) is 3. The van der Waals surface area contributed by atoms with Crippen molar-refractivity contribution < 1.29 is 4.84 Å². The van der Waals surface area contributed by atoms with Crippen LogP contribution in [0.2, 0.25) is 0 Å². The zero-order valence-electron chi connectivity index (χ0n) is 9.08. The van der Waals surface area contributed by atoms with Crippen LogP contribution < -0.4 is 0 Å². The van der Waals surface area contributed by atoms with Crippen molar-refractivity contribution in [1.29, 1.82) is 0 Å². The topological polar surface area (TPSA) is 39.4 Å². The minimum Gasteiger partial charge on any atom is -0.399 e. The molecule has 0 saturated heterocycles. The Labute approximate surface area is 94.2 Å². The summed E-state index contributed by atoms with van der Waals surface area (Å²) in [5.74, 6) is 0. The van der Waals surface area contributed by atoms with Crippen LogP contribution in [0.3, 0.4) is 0 Å². The van der Waals surface area contributed by atoms with Crippen LogP contribution in [0.25, 0.3) is 0 Å². The molecule has 0 aliphatic carbocycles. The zero-order chi connectivity index (χ0) is 11.2. The van der Waals surface area contributed by atoms with Crippen molar-refractivity contribution in [3.05, 3.63) is 53.9 Å². The maximum absolute atomic E-state index is 4.61. The first kappa shape index (κ1) is 10.4. The summed E-state index contributed by atoms with van der Waals surface area (Å²) >= 11 is 0. The second kappa shape index (κ2) is 5.11. The number of rotatable bonds is 4. The lowest BCUT2D eigenvalue weighted by molar-refractivity contribution is 0.215. The molecule has 2 aromatic rings. The molecule has 82 valence electrons. The average molecular weight is 215 g/mol. The number of hydrogen-bond donors (Lipinski definition) is 0. The molecule has 0 unspecified atom stereocenters. The molecule has 1 heterocycles. The molecule has 0 amide bonds. The van der Waals surface area contributed by atoms with E-state index in [1.807, 2.05) is 29.1 Å². The molecule has 4 heteroatoms. The Hall–Kier alpha value is -2.10. The number of aromatic nitrogens is 2. The van der Waals surface area contributed by atoms with Gasteiger partial charge < -0.3 is 4.84 Å². The Balaban J connectivity index is 2.06. The summed E-state index contributed by atoms with van der Waals surface area (Å²) in [7, 11) is 1.52. The van der Waals surface area contributed by atoms with Gasteiger partial charge in [-0.05, 0) is 5.56 Å². The average Bonchev–Trinajstić information content (AvgIpc) is 2.75. The molecule has 0 atom stereocenters. The molecule has 0 saturated carbocycles. The van der Waals surface area contributed by atoms with Gasteiger partial charge in [-0.3, -0.25) is 4.68 Å². The largest absolute Gasteiger partial charge is 0.399 e. The third kappa shape index (κ3) is 2.70. The fraction of sp³-hybridized carbons (Fsp3) is 0.167. The van der Waals surface area contributed by atoms with Gasteiger partial charge in [-0.2, -0.15) is 5.10 Å². The summed E-state index contributed by atoms with van der Waals surface area (Å²) in [6, 6.07) is 10.2. The minimum absolute atomic E-state index is 0.766. The first-order valence-corrected chi connectivity index (χ1v) is 5.01. The van der Waals surface area contributed by atoms with Crippen LogP contribution in [0.5, 0.6) is 0 Å². The van der Waals surface area contributed by atoms with E-state index in [9.17, 15) is 0 Å². The number of benzene rings is 1. The predicted octanol–water partition coefficient (Wildman–Crippen LogP) is 1.91. The summed E-state index contributed by atoms with van der Waals surface area (Å²) in [6.45, 7) is 0.766. The highest BCUT2D eigenvalue weighted by atomic mass is 16.6. The molecule has 0 bridgehead atoms. The highest BCUT2D eigenvalue weighted by Crippen LogP contribution is 2.02. The van der Waals surface area contributed by atoms with Gasteiger partial charge in [0.25, 0.3) is 0 Å². The molecule has 0 fully saturated rings. The minimum atomic E-state index is 0.766. The van der Waals surface area contributed by atoms with E-state index in [1.54, 1.807) is 12.4 Å². The van der Waals surface area contributed by atoms with Crippen LogP contribution >= 0.6 is 0 Å². The van der Waals surface area contributed by atoms with Crippen molar-refractivity contribution in [2.75, 3.05) is 7.11 Å². The van der Waals surface area contributed by atoms with Gasteiger partial charge in [0.15, 0.2) is 0 Å². The SMILES string of the molecule is CO/N=C\c1cnn(Cc2ccccc2)c1. The van der Waals surface area contributed by atoms with Crippen molar-refractivity contribution in [3.8, 4) is 0 Å². The Kier molecular flexibility index (Phi) is 3.33. The van der Waals surface area contributed by atoms with Crippen LogP contribution in [-0.4, -0.2) is 23.1 Å². The van der Waals surface area contributed by atoms with Crippen molar-refractivity contribution in [2.45, 2.75) is 6.54 Å². The highest BCUT2D eigenvalue weighted by molar-refractivity contribution is 5.78. The first-order valence-electron chi connectivity index (χ1n) is 5.01. The fourth-order valence-electron chi connectivity index (χ4n) is 1.42. The van der Waals surface area contributed by atoms with E-state index in [0.717, 1.165) is 12.1 Å². The number of oxime groups is 1. The summed E-state index contributed by atoms with van der Waals surface area (Å²) in [5.41, 5.74) is 2.15. The van der Waals surface area contributed by atoms with E-state index in [-0.39, 0.29) is 0 Å². The quantitative estimate of drug-likeness (QED) is 0.577. The van der Waals surface area contributed by atoms with Gasteiger partial charge in [-0.15, -0.1) is 0 Å². The number of hydrogen-bond acceptors (Lipinski definition) is 3. The Morgan fingerprint density at radius 3 is 2.94 bits per heavy atom. The molecule has 0 aliphatic heterocycles. The van der Waals surface area contributed by atoms with Crippen LogP contribution in [0, 0.1) is 0 Å². The van der Waals surface area contributed by atoms with E-state index in [0.29, 0.717) is 0 Å². The molecule has 2 rings (SSSR count). The maximum atomic E-state index is 4.61. The fourth-order valence-corrected chi connectivity index (χ4v) is 1.42. The van der Waals surface area contributed by atoms with Crippen molar-refractivity contribution in [3.63, 3.8) is 0 Å². The normalized spacial score (nSPS) is 10.8. The molecule has 1 aromatic heterocycles. The van der Waals surface area contributed by atoms with E-state index in [1.165, 1.54) is 12.7 Å². The van der Waals surface area contributed by atoms with Crippen LogP contribution in [0.15, 0.2) is 47.9 Å². The van der Waals surface area contributed by atoms with Gasteiger partial charge in [-0.1, -0.05) is 35.5 Å². The predicted molar refractivity (Wildman–Crippen MR) is 62.4 cm³/mol. The standard InChI is InChI=1S/C12H13N3O/c1-16-14-8-12-7-13-15(10-12)9-11-5-3-2-4-6-11/h2-8,10H,9H2,1H3/b14-8-. The first-order chi connectivity index (χ1) is 7.88. The van der Waals surface area contributed by atoms with E-state index >= 15 is 0 Å². The molecule has 16 heavy (non-hydrogen) atoms. The second-order valence-corrected chi connectivity index (χ2v) is 3.37. The molecule has 1 aromatic carbocycles. The van der Waals surface area contributed by atoms with E-state index in [4.69, 9.17) is 0 Å². The lowest BCUT2D eigenvalue weighted by Gasteiger charge is -2.00. The molecule has 0 N–H and O–H groups in total. The highest BCUT2D eigenvalue weighted by Gasteiger charge is 1.97. The van der Waals surface area contributed by atoms with E-state index in [2.05, 4.69) is 27.2 Å². The van der Waals surface area contributed by atoms with Crippen LogP contribution in [0.4, 0.5) is 0 Å². The third-order valence-corrected chi connectivity index (χ3v) is 2.15. The Morgan fingerprint density at radius 2 is 2.19 bits per heavy atom. The maximum Gasteiger partial charge on any atom is 0.106 e. The molecule has 4 nitrogen and oxygen atoms in total. The summed E-state index contributed by atoms with van der Waals surface area (Å²) in [6.07, 6.45) is 5.31. The molecule has 0 spiro atoms. The lowest BCUT2D eigenvalue weighted by atomic mass is 10.2. The molecular weight excluding hydrogens is 202 g/mol. The smallest absolute Gasteiger partial charge is 0.106 e. The monoisotopic (exact) mass is 215 g/mol. The van der Waals surface area contributed by atoms with E-state index < -0.39 is 0 Å². The molecular formula is C12H13N3O. The third-order valence-electron chi connectivity index (χ3n) is 2.15. The Morgan fingerprint density at radius 1 is 1.38 bits per heavy atom. The molecule has 0 radical (unpaired) electrons. The van der Waals surface area contributed by atoms with Gasteiger partial charge >= 0.3 is 0 Å². The van der Waals surface area contributed by atoms with Gasteiger partial charge in [0.1, 0.15) is 7.11 Å². The van der Waals surface area contributed by atoms with Gasteiger partial charge in [0.05, 0.1) is 19.0 Å². The molecule has 0 aliphatic rings. The Bertz CT molecular complexity index is 462. The lowest BCUT2D eigenvalue weighted by Crippen LogP contribution is -1.99. The van der Waals surface area contributed by atoms with Crippen molar-refractivity contribution in [1.82, 2.24) is 9.78 Å². The van der Waals surface area contributed by atoms with Crippen molar-refractivity contribution in [2.24, 2.45) is 5.16 Å². The second-order valence-electron chi connectivity index (χ2n) is 3.37. The van der Waals surface area contributed by atoms with Gasteiger partial charge in [-0.25, -0.2) is 0 Å². The van der Waals surface area contributed by atoms with Gasteiger partial charge in [0, 0.05) is 11.8 Å². The summed E-state index contributed by atoms with van der Waals surface area (Å²) in [4.78, 5) is 4.61. The van der Waals surface area contributed by atoms with Gasteiger partial charge in [0.2, 0.25) is 0 Å². The zero-order valence-corrected chi connectivity index (χ0v) is 9.08. The van der Waals surface area contributed by atoms with Crippen LogP contribution in [0.1, 0.15) is 11.1 Å².